The summed E-state index contributed by atoms with van der Waals surface area (Å²) in [6, 6.07) is 16.8. The summed E-state index contributed by atoms with van der Waals surface area (Å²) in [5.41, 5.74) is 2.37. The summed E-state index contributed by atoms with van der Waals surface area (Å²) >= 11 is 0. The number of ketones is 1. The highest BCUT2D eigenvalue weighted by molar-refractivity contribution is 5.94. The molecule has 0 atom stereocenters. The first-order chi connectivity index (χ1) is 10.6. The number of rotatable bonds is 4. The largest absolute Gasteiger partial charge is 0.486 e. The Bertz CT molecular complexity index is 882. The minimum absolute atomic E-state index is 0.0219. The number of H-pyrrole nitrogens is 1. The van der Waals surface area contributed by atoms with Gasteiger partial charge in [0, 0.05) is 17.5 Å². The molecule has 3 aromatic rings. The third kappa shape index (κ3) is 2.91. The number of fused-ring (bicyclic) bond motifs is 1. The molecular formula is C18H15NO3. The Morgan fingerprint density at radius 3 is 2.59 bits per heavy atom. The van der Waals surface area contributed by atoms with Crippen molar-refractivity contribution in [3.05, 3.63) is 65.0 Å². The Morgan fingerprint density at radius 2 is 1.86 bits per heavy atom. The van der Waals surface area contributed by atoms with Gasteiger partial charge in [0.25, 0.3) is 0 Å². The zero-order valence-corrected chi connectivity index (χ0v) is 12.1. The molecule has 2 aromatic carbocycles. The van der Waals surface area contributed by atoms with Gasteiger partial charge in [-0.05, 0) is 30.2 Å². The van der Waals surface area contributed by atoms with Crippen LogP contribution in [-0.4, -0.2) is 17.4 Å². The van der Waals surface area contributed by atoms with E-state index in [0.717, 1.165) is 16.5 Å². The normalized spacial score (nSPS) is 10.6. The number of hydrogen-bond donors (Lipinski definition) is 1. The van der Waals surface area contributed by atoms with Gasteiger partial charge in [-0.2, -0.15) is 0 Å². The maximum Gasteiger partial charge on any atom is 0.249 e. The molecule has 3 rings (SSSR count). The van der Waals surface area contributed by atoms with Crippen LogP contribution in [0.15, 0.2) is 59.4 Å². The van der Waals surface area contributed by atoms with E-state index in [1.54, 1.807) is 18.2 Å². The van der Waals surface area contributed by atoms with Crippen LogP contribution in [0.25, 0.3) is 22.0 Å². The van der Waals surface area contributed by atoms with Crippen LogP contribution in [0.1, 0.15) is 6.92 Å². The Morgan fingerprint density at radius 1 is 1.09 bits per heavy atom. The fraction of sp³-hybridized carbons (Fsp3) is 0.111. The Hall–Kier alpha value is -2.88. The zero-order valence-electron chi connectivity index (χ0n) is 12.1. The van der Waals surface area contributed by atoms with Crippen LogP contribution in [0.5, 0.6) is 5.75 Å². The molecule has 0 aliphatic rings. The summed E-state index contributed by atoms with van der Waals surface area (Å²) in [5.74, 6) is 0.509. The highest BCUT2D eigenvalue weighted by atomic mass is 16.5. The number of carbonyl (C=O) groups excluding carboxylic acids is 1. The minimum atomic E-state index is -0.171. The predicted octanol–water partition coefficient (Wildman–Crippen LogP) is 3.16. The zero-order chi connectivity index (χ0) is 15.5. The topological polar surface area (TPSA) is 59.2 Å². The Balaban J connectivity index is 2.11. The first kappa shape index (κ1) is 14.1. The van der Waals surface area contributed by atoms with Gasteiger partial charge in [0.05, 0.1) is 5.52 Å². The second-order valence-corrected chi connectivity index (χ2v) is 5.11. The SMILES string of the molecule is CC(=O)COc1ccc2c(-c3ccccc3)cc(=O)[nH]c2c1. The molecule has 0 saturated carbocycles. The summed E-state index contributed by atoms with van der Waals surface area (Å²) in [6.07, 6.45) is 0. The van der Waals surface area contributed by atoms with Gasteiger partial charge in [-0.15, -0.1) is 0 Å². The van der Waals surface area contributed by atoms with Gasteiger partial charge in [-0.3, -0.25) is 9.59 Å². The van der Waals surface area contributed by atoms with E-state index in [4.69, 9.17) is 4.74 Å². The average molecular weight is 293 g/mol. The molecular weight excluding hydrogens is 278 g/mol. The van der Waals surface area contributed by atoms with Gasteiger partial charge < -0.3 is 9.72 Å². The van der Waals surface area contributed by atoms with Crippen LogP contribution < -0.4 is 10.3 Å². The lowest BCUT2D eigenvalue weighted by Gasteiger charge is -2.09. The van der Waals surface area contributed by atoms with Crippen LogP contribution in [0.4, 0.5) is 0 Å². The third-order valence-corrected chi connectivity index (χ3v) is 3.34. The summed E-state index contributed by atoms with van der Waals surface area (Å²) in [4.78, 5) is 25.7. The molecule has 0 saturated heterocycles. The highest BCUT2D eigenvalue weighted by Gasteiger charge is 2.07. The quantitative estimate of drug-likeness (QED) is 0.803. The van der Waals surface area contributed by atoms with Crippen LogP contribution >= 0.6 is 0 Å². The lowest BCUT2D eigenvalue weighted by atomic mass is 10.0. The van der Waals surface area contributed by atoms with Gasteiger partial charge >= 0.3 is 0 Å². The smallest absolute Gasteiger partial charge is 0.249 e. The van der Waals surface area contributed by atoms with Crippen LogP contribution in [0, 0.1) is 0 Å². The molecule has 0 fully saturated rings. The number of pyridine rings is 1. The maximum atomic E-state index is 11.9. The molecule has 22 heavy (non-hydrogen) atoms. The van der Waals surface area contributed by atoms with Crippen molar-refractivity contribution in [2.75, 3.05) is 6.61 Å². The van der Waals surface area contributed by atoms with Gasteiger partial charge in [-0.1, -0.05) is 30.3 Å². The summed E-state index contributed by atoms with van der Waals surface area (Å²) < 4.78 is 5.39. The molecule has 0 aliphatic carbocycles. The second kappa shape index (κ2) is 5.85. The molecule has 1 heterocycles. The van der Waals surface area contributed by atoms with Crippen LogP contribution in [0.3, 0.4) is 0 Å². The molecule has 4 nitrogen and oxygen atoms in total. The molecule has 0 radical (unpaired) electrons. The van der Waals surface area contributed by atoms with E-state index in [-0.39, 0.29) is 17.9 Å². The number of Topliss-reactive ketones (excluding diaryl/α,β-unsaturated/α-hetero) is 1. The fourth-order valence-electron chi connectivity index (χ4n) is 2.37. The number of aromatic nitrogens is 1. The van der Waals surface area contributed by atoms with Crippen LogP contribution in [-0.2, 0) is 4.79 Å². The van der Waals surface area contributed by atoms with Crippen molar-refractivity contribution >= 4 is 16.7 Å². The molecule has 0 aliphatic heterocycles. The van der Waals surface area contributed by atoms with Crippen molar-refractivity contribution in [3.63, 3.8) is 0 Å². The lowest BCUT2D eigenvalue weighted by Crippen LogP contribution is -2.08. The van der Waals surface area contributed by atoms with Crippen molar-refractivity contribution in [2.45, 2.75) is 6.92 Å². The predicted molar refractivity (Wildman–Crippen MR) is 86.2 cm³/mol. The monoisotopic (exact) mass is 293 g/mol. The summed E-state index contributed by atoms with van der Waals surface area (Å²) in [6.45, 7) is 1.49. The van der Waals surface area contributed by atoms with Crippen molar-refractivity contribution in [3.8, 4) is 16.9 Å². The van der Waals surface area contributed by atoms with Crippen molar-refractivity contribution in [1.82, 2.24) is 4.98 Å². The number of hydrogen-bond acceptors (Lipinski definition) is 3. The maximum absolute atomic E-state index is 11.9. The van der Waals surface area contributed by atoms with E-state index in [1.165, 1.54) is 6.92 Å². The van der Waals surface area contributed by atoms with Crippen molar-refractivity contribution in [2.24, 2.45) is 0 Å². The average Bonchev–Trinajstić information content (AvgIpc) is 2.52. The van der Waals surface area contributed by atoms with E-state index in [0.29, 0.717) is 11.3 Å². The van der Waals surface area contributed by atoms with Gasteiger partial charge in [0.15, 0.2) is 5.78 Å². The molecule has 110 valence electrons. The molecule has 1 N–H and O–H groups in total. The second-order valence-electron chi connectivity index (χ2n) is 5.11. The number of nitrogens with one attached hydrogen (secondary N) is 1. The number of carbonyl (C=O) groups is 1. The summed E-state index contributed by atoms with van der Waals surface area (Å²) in [5, 5.41) is 0.931. The molecule has 4 heteroatoms. The Kier molecular flexibility index (Phi) is 3.74. The molecule has 1 aromatic heterocycles. The van der Waals surface area contributed by atoms with Crippen molar-refractivity contribution in [1.29, 1.82) is 0 Å². The van der Waals surface area contributed by atoms with Gasteiger partial charge in [0.2, 0.25) is 5.56 Å². The first-order valence-electron chi connectivity index (χ1n) is 6.98. The van der Waals surface area contributed by atoms with E-state index >= 15 is 0 Å². The number of ether oxygens (including phenoxy) is 1. The van der Waals surface area contributed by atoms with Gasteiger partial charge in [-0.25, -0.2) is 0 Å². The van der Waals surface area contributed by atoms with E-state index in [2.05, 4.69) is 4.98 Å². The number of benzene rings is 2. The van der Waals surface area contributed by atoms with Crippen molar-refractivity contribution < 1.29 is 9.53 Å². The van der Waals surface area contributed by atoms with Crippen LogP contribution in [0.2, 0.25) is 0 Å². The number of aromatic amines is 1. The minimum Gasteiger partial charge on any atom is -0.486 e. The summed E-state index contributed by atoms with van der Waals surface area (Å²) in [7, 11) is 0. The third-order valence-electron chi connectivity index (χ3n) is 3.34. The van der Waals surface area contributed by atoms with E-state index in [9.17, 15) is 9.59 Å². The first-order valence-corrected chi connectivity index (χ1v) is 6.98. The molecule has 0 unspecified atom stereocenters. The van der Waals surface area contributed by atoms with Gasteiger partial charge in [0.1, 0.15) is 12.4 Å². The van der Waals surface area contributed by atoms with E-state index in [1.807, 2.05) is 36.4 Å². The molecule has 0 bridgehead atoms. The molecule has 0 amide bonds. The standard InChI is InChI=1S/C18H15NO3/c1-12(20)11-22-14-7-8-15-16(13-5-3-2-4-6-13)10-18(21)19-17(15)9-14/h2-10H,11H2,1H3,(H,19,21). The fourth-order valence-corrected chi connectivity index (χ4v) is 2.37. The molecule has 0 spiro atoms. The lowest BCUT2D eigenvalue weighted by molar-refractivity contribution is -0.118. The Labute approximate surface area is 127 Å². The highest BCUT2D eigenvalue weighted by Crippen LogP contribution is 2.28. The van der Waals surface area contributed by atoms with E-state index < -0.39 is 0 Å².